The molecule has 0 amide bonds. The van der Waals surface area contributed by atoms with Crippen molar-refractivity contribution in [3.8, 4) is 5.75 Å². The van der Waals surface area contributed by atoms with Crippen molar-refractivity contribution in [2.75, 3.05) is 0 Å². The largest absolute Gasteiger partial charge is 0.486 e. The molecule has 0 fully saturated rings. The van der Waals surface area contributed by atoms with E-state index in [4.69, 9.17) is 20.8 Å². The van der Waals surface area contributed by atoms with E-state index in [0.717, 1.165) is 0 Å². The number of carbonyl (C=O) groups is 1. The number of ether oxygens (including phenoxy) is 1. The van der Waals surface area contributed by atoms with Crippen LogP contribution in [0.4, 0.5) is 0 Å². The summed E-state index contributed by atoms with van der Waals surface area (Å²) in [5, 5.41) is 8.52. The van der Waals surface area contributed by atoms with E-state index in [9.17, 15) is 4.79 Å². The lowest BCUT2D eigenvalue weighted by Crippen LogP contribution is -1.97. The second-order valence-corrected chi connectivity index (χ2v) is 5.59. The first-order chi connectivity index (χ1) is 10.7. The van der Waals surface area contributed by atoms with Gasteiger partial charge in [-0.25, -0.2) is 4.98 Å². The fourth-order valence-electron chi connectivity index (χ4n) is 1.61. The van der Waals surface area contributed by atoms with Gasteiger partial charge in [0.05, 0.1) is 0 Å². The number of nitrogens with zero attached hydrogens (tertiary/aromatic N) is 2. The molecule has 1 aromatic carbocycles. The van der Waals surface area contributed by atoms with Gasteiger partial charge >= 0.3 is 0 Å². The second-order valence-electron chi connectivity index (χ2n) is 4.18. The van der Waals surface area contributed by atoms with Crippen LogP contribution in [0.15, 0.2) is 51.1 Å². The summed E-state index contributed by atoms with van der Waals surface area (Å²) in [6.45, 7) is 0.257. The highest BCUT2D eigenvalue weighted by Gasteiger charge is 2.09. The number of carbonyl (C=O) groups excluding carboxylic acids is 1. The van der Waals surface area contributed by atoms with Gasteiger partial charge in [0.1, 0.15) is 12.4 Å². The van der Waals surface area contributed by atoms with Crippen LogP contribution in [0.2, 0.25) is 5.02 Å². The molecule has 2 heterocycles. The molecular formula is C14H10ClN3O3S. The summed E-state index contributed by atoms with van der Waals surface area (Å²) in [4.78, 5) is 14.8. The number of aldehydes is 1. The van der Waals surface area contributed by atoms with Crippen molar-refractivity contribution in [2.45, 2.75) is 16.9 Å². The minimum atomic E-state index is 0.257. The van der Waals surface area contributed by atoms with E-state index in [0.29, 0.717) is 33.1 Å². The molecule has 3 aromatic rings. The highest BCUT2D eigenvalue weighted by Crippen LogP contribution is 2.26. The number of aromatic amines is 1. The Kier molecular flexibility index (Phi) is 4.45. The smallest absolute Gasteiger partial charge is 0.216 e. The maximum Gasteiger partial charge on any atom is 0.216 e. The Bertz CT molecular complexity index is 770. The fourth-order valence-corrected chi connectivity index (χ4v) is 2.44. The minimum absolute atomic E-state index is 0.257. The molecule has 0 spiro atoms. The highest BCUT2D eigenvalue weighted by atomic mass is 35.5. The molecule has 0 saturated heterocycles. The molecule has 112 valence electrons. The van der Waals surface area contributed by atoms with Crippen LogP contribution in [-0.2, 0) is 6.61 Å². The van der Waals surface area contributed by atoms with Crippen molar-refractivity contribution >= 4 is 29.6 Å². The molecule has 3 rings (SSSR count). The molecule has 0 atom stereocenters. The Morgan fingerprint density at radius 3 is 2.82 bits per heavy atom. The van der Waals surface area contributed by atoms with E-state index in [2.05, 4.69) is 15.2 Å². The standard InChI is InChI=1S/C14H10ClN3O3S/c15-9-1-3-10(4-2-9)20-8-12-16-14(18-17-12)22-13-6-5-11(7-19)21-13/h1-7H,8H2,(H,16,17,18). The number of hydrogen-bond donors (Lipinski definition) is 1. The van der Waals surface area contributed by atoms with Crippen molar-refractivity contribution in [1.29, 1.82) is 0 Å². The van der Waals surface area contributed by atoms with Crippen molar-refractivity contribution < 1.29 is 13.9 Å². The van der Waals surface area contributed by atoms with Gasteiger partial charge in [-0.05, 0) is 48.2 Å². The van der Waals surface area contributed by atoms with Gasteiger partial charge in [-0.3, -0.25) is 9.89 Å². The third-order valence-corrected chi connectivity index (χ3v) is 3.65. The van der Waals surface area contributed by atoms with Crippen molar-refractivity contribution in [1.82, 2.24) is 15.2 Å². The summed E-state index contributed by atoms with van der Waals surface area (Å²) in [6, 6.07) is 10.3. The lowest BCUT2D eigenvalue weighted by atomic mass is 10.3. The van der Waals surface area contributed by atoms with Crippen LogP contribution in [0.5, 0.6) is 5.75 Å². The second kappa shape index (κ2) is 6.67. The van der Waals surface area contributed by atoms with E-state index >= 15 is 0 Å². The number of aromatic nitrogens is 3. The number of nitrogens with one attached hydrogen (secondary N) is 1. The van der Waals surface area contributed by atoms with Gasteiger partial charge in [0.2, 0.25) is 5.16 Å². The minimum Gasteiger partial charge on any atom is -0.486 e. The Morgan fingerprint density at radius 1 is 1.27 bits per heavy atom. The van der Waals surface area contributed by atoms with Gasteiger partial charge in [-0.1, -0.05) is 11.6 Å². The maximum atomic E-state index is 10.6. The van der Waals surface area contributed by atoms with Gasteiger partial charge in [0.15, 0.2) is 23.0 Å². The Morgan fingerprint density at radius 2 is 2.09 bits per heavy atom. The summed E-state index contributed by atoms with van der Waals surface area (Å²) in [5.41, 5.74) is 0. The van der Waals surface area contributed by atoms with Crippen LogP contribution in [0.3, 0.4) is 0 Å². The molecule has 8 heteroatoms. The van der Waals surface area contributed by atoms with Gasteiger partial charge in [0, 0.05) is 5.02 Å². The van der Waals surface area contributed by atoms with E-state index in [1.165, 1.54) is 11.8 Å². The normalized spacial score (nSPS) is 10.6. The molecule has 0 aliphatic carbocycles. The maximum absolute atomic E-state index is 10.6. The van der Waals surface area contributed by atoms with Crippen LogP contribution in [0.25, 0.3) is 0 Å². The molecule has 6 nitrogen and oxygen atoms in total. The lowest BCUT2D eigenvalue weighted by Gasteiger charge is -2.02. The summed E-state index contributed by atoms with van der Waals surface area (Å²) >= 11 is 7.02. The predicted molar refractivity (Wildman–Crippen MR) is 80.4 cm³/mol. The first-order valence-corrected chi connectivity index (χ1v) is 7.45. The molecule has 0 bridgehead atoms. The quantitative estimate of drug-likeness (QED) is 0.693. The topological polar surface area (TPSA) is 81.0 Å². The van der Waals surface area contributed by atoms with Crippen molar-refractivity contribution in [3.63, 3.8) is 0 Å². The zero-order valence-electron chi connectivity index (χ0n) is 11.2. The van der Waals surface area contributed by atoms with Crippen LogP contribution < -0.4 is 4.74 Å². The molecule has 0 aliphatic heterocycles. The SMILES string of the molecule is O=Cc1ccc(Sc2n[nH]c(COc3ccc(Cl)cc3)n2)o1. The van der Waals surface area contributed by atoms with E-state index in [-0.39, 0.29) is 12.4 Å². The lowest BCUT2D eigenvalue weighted by molar-refractivity contribution is 0.109. The van der Waals surface area contributed by atoms with E-state index < -0.39 is 0 Å². The summed E-state index contributed by atoms with van der Waals surface area (Å²) in [7, 11) is 0. The molecule has 2 aromatic heterocycles. The number of benzene rings is 1. The van der Waals surface area contributed by atoms with Gasteiger partial charge < -0.3 is 9.15 Å². The third kappa shape index (κ3) is 3.69. The summed E-state index contributed by atoms with van der Waals surface area (Å²) < 4.78 is 10.8. The molecule has 0 aliphatic rings. The molecule has 22 heavy (non-hydrogen) atoms. The zero-order valence-corrected chi connectivity index (χ0v) is 12.7. The van der Waals surface area contributed by atoms with Crippen LogP contribution >= 0.6 is 23.4 Å². The molecule has 0 saturated carbocycles. The van der Waals surface area contributed by atoms with Crippen molar-refractivity contribution in [2.24, 2.45) is 0 Å². The van der Waals surface area contributed by atoms with Gasteiger partial charge in [-0.15, -0.1) is 5.10 Å². The Labute approximate surface area is 134 Å². The fraction of sp³-hybridized carbons (Fsp3) is 0.0714. The van der Waals surface area contributed by atoms with Crippen molar-refractivity contribution in [3.05, 3.63) is 53.0 Å². The highest BCUT2D eigenvalue weighted by molar-refractivity contribution is 7.99. The van der Waals surface area contributed by atoms with Crippen LogP contribution in [0, 0.1) is 0 Å². The average molecular weight is 336 g/mol. The third-order valence-electron chi connectivity index (χ3n) is 2.61. The molecule has 1 N–H and O–H groups in total. The monoisotopic (exact) mass is 335 g/mol. The number of furan rings is 1. The first-order valence-electron chi connectivity index (χ1n) is 6.25. The van der Waals surface area contributed by atoms with Gasteiger partial charge in [0.25, 0.3) is 0 Å². The number of halogens is 1. The predicted octanol–water partition coefficient (Wildman–Crippen LogP) is 3.59. The zero-order chi connectivity index (χ0) is 15.4. The van der Waals surface area contributed by atoms with Crippen LogP contribution in [0.1, 0.15) is 16.4 Å². The van der Waals surface area contributed by atoms with E-state index in [1.807, 2.05) is 0 Å². The Balaban J connectivity index is 1.58. The summed E-state index contributed by atoms with van der Waals surface area (Å²) in [6.07, 6.45) is 0.646. The number of rotatable bonds is 6. The number of hydrogen-bond acceptors (Lipinski definition) is 6. The average Bonchev–Trinajstić information content (AvgIpc) is 3.16. The molecule has 0 radical (unpaired) electrons. The molecular weight excluding hydrogens is 326 g/mol. The number of H-pyrrole nitrogens is 1. The van der Waals surface area contributed by atoms with E-state index in [1.54, 1.807) is 36.4 Å². The van der Waals surface area contributed by atoms with Crippen LogP contribution in [-0.4, -0.2) is 21.5 Å². The molecule has 0 unspecified atom stereocenters. The first kappa shape index (κ1) is 14.7. The van der Waals surface area contributed by atoms with Gasteiger partial charge in [-0.2, -0.15) is 0 Å². The Hall–Kier alpha value is -2.25. The summed E-state index contributed by atoms with van der Waals surface area (Å²) in [5.74, 6) is 1.54.